The molecule has 0 spiro atoms. The summed E-state index contributed by atoms with van der Waals surface area (Å²) in [5.41, 5.74) is 0. The molecule has 1 amide bonds. The molecule has 0 radical (unpaired) electrons. The fraction of sp³-hybridized carbons (Fsp3) is 0.750. The van der Waals surface area contributed by atoms with Crippen LogP contribution < -0.4 is 10.6 Å². The van der Waals surface area contributed by atoms with Crippen LogP contribution in [0.2, 0.25) is 0 Å². The summed E-state index contributed by atoms with van der Waals surface area (Å²) in [5, 5.41) is 13.7. The van der Waals surface area contributed by atoms with Gasteiger partial charge < -0.3 is 20.0 Å². The number of anilines is 1. The highest BCUT2D eigenvalue weighted by Gasteiger charge is 2.09. The highest BCUT2D eigenvalue weighted by molar-refractivity contribution is 5.79. The van der Waals surface area contributed by atoms with Crippen molar-refractivity contribution >= 4 is 11.9 Å². The average molecular weight is 269 g/mol. The molecule has 1 rings (SSSR count). The van der Waals surface area contributed by atoms with Gasteiger partial charge >= 0.3 is 6.01 Å². The van der Waals surface area contributed by atoms with E-state index in [1.807, 2.05) is 6.92 Å². The predicted molar refractivity (Wildman–Crippen MR) is 72.6 cm³/mol. The molecule has 0 saturated heterocycles. The summed E-state index contributed by atoms with van der Waals surface area (Å²) in [6, 6.07) is 0.277. The molecule has 0 fully saturated rings. The maximum atomic E-state index is 11.6. The van der Waals surface area contributed by atoms with E-state index in [1.165, 1.54) is 0 Å². The lowest BCUT2D eigenvalue weighted by molar-refractivity contribution is -0.127. The number of amides is 1. The first-order chi connectivity index (χ1) is 9.02. The van der Waals surface area contributed by atoms with Crippen molar-refractivity contribution in [3.63, 3.8) is 0 Å². The zero-order valence-corrected chi connectivity index (χ0v) is 12.1. The van der Waals surface area contributed by atoms with Gasteiger partial charge in [-0.05, 0) is 19.4 Å². The third-order valence-corrected chi connectivity index (χ3v) is 2.59. The lowest BCUT2D eigenvalue weighted by atomic mass is 10.2. The van der Waals surface area contributed by atoms with Gasteiger partial charge in [0.25, 0.3) is 0 Å². The lowest BCUT2D eigenvalue weighted by Gasteiger charge is -2.13. The molecule has 1 heterocycles. The molecular formula is C12H23N5O2. The highest BCUT2D eigenvalue weighted by atomic mass is 16.4. The highest BCUT2D eigenvalue weighted by Crippen LogP contribution is 2.05. The van der Waals surface area contributed by atoms with Crippen molar-refractivity contribution in [3.8, 4) is 0 Å². The van der Waals surface area contributed by atoms with Crippen LogP contribution in [0.3, 0.4) is 0 Å². The van der Waals surface area contributed by atoms with Crippen molar-refractivity contribution in [2.24, 2.45) is 5.92 Å². The van der Waals surface area contributed by atoms with Crippen LogP contribution in [-0.2, 0) is 11.3 Å². The van der Waals surface area contributed by atoms with Crippen LogP contribution >= 0.6 is 0 Å². The second-order valence-corrected chi connectivity index (χ2v) is 4.79. The fourth-order valence-electron chi connectivity index (χ4n) is 1.33. The Morgan fingerprint density at radius 1 is 1.42 bits per heavy atom. The zero-order chi connectivity index (χ0) is 14.3. The van der Waals surface area contributed by atoms with Crippen molar-refractivity contribution in [2.75, 3.05) is 32.0 Å². The molecule has 0 bridgehead atoms. The van der Waals surface area contributed by atoms with E-state index in [-0.39, 0.29) is 18.5 Å². The van der Waals surface area contributed by atoms with E-state index in [1.54, 1.807) is 11.9 Å². The topological polar surface area (TPSA) is 83.3 Å². The molecule has 0 aliphatic carbocycles. The quantitative estimate of drug-likeness (QED) is 0.723. The molecule has 0 saturated carbocycles. The fourth-order valence-corrected chi connectivity index (χ4v) is 1.33. The van der Waals surface area contributed by atoms with Gasteiger partial charge in [-0.2, -0.15) is 0 Å². The van der Waals surface area contributed by atoms with E-state index in [2.05, 4.69) is 34.7 Å². The summed E-state index contributed by atoms with van der Waals surface area (Å²) >= 11 is 0. The summed E-state index contributed by atoms with van der Waals surface area (Å²) in [7, 11) is 1.75. The number of carbonyl (C=O) groups excluding carboxylic acids is 1. The van der Waals surface area contributed by atoms with Gasteiger partial charge in [0.05, 0.1) is 13.1 Å². The van der Waals surface area contributed by atoms with Crippen LogP contribution in [0, 0.1) is 5.92 Å². The molecule has 2 N–H and O–H groups in total. The van der Waals surface area contributed by atoms with Gasteiger partial charge in [-0.25, -0.2) is 0 Å². The molecule has 0 unspecified atom stereocenters. The minimum Gasteiger partial charge on any atom is -0.407 e. The molecular weight excluding hydrogens is 246 g/mol. The Morgan fingerprint density at radius 3 is 2.79 bits per heavy atom. The summed E-state index contributed by atoms with van der Waals surface area (Å²) in [6.45, 7) is 8.44. The molecule has 0 aliphatic heterocycles. The summed E-state index contributed by atoms with van der Waals surface area (Å²) < 4.78 is 5.36. The predicted octanol–water partition coefficient (Wildman–Crippen LogP) is 0.705. The number of hydrogen-bond donors (Lipinski definition) is 2. The molecule has 0 atom stereocenters. The molecule has 1 aromatic rings. The van der Waals surface area contributed by atoms with Crippen molar-refractivity contribution < 1.29 is 9.21 Å². The standard InChI is InChI=1S/C12H23N5O2/c1-5-17(4)11(18)8-14-12-16-15-10(19-12)7-13-6-9(2)3/h9,13H,5-8H2,1-4H3,(H,14,16). The molecule has 7 nitrogen and oxygen atoms in total. The first kappa shape index (κ1) is 15.4. The maximum absolute atomic E-state index is 11.6. The van der Waals surface area contributed by atoms with Crippen LogP contribution in [0.1, 0.15) is 26.7 Å². The second kappa shape index (κ2) is 7.73. The van der Waals surface area contributed by atoms with Gasteiger partial charge in [0.1, 0.15) is 0 Å². The smallest absolute Gasteiger partial charge is 0.315 e. The Labute approximate surface area is 113 Å². The number of nitrogens with zero attached hydrogens (tertiary/aromatic N) is 3. The van der Waals surface area contributed by atoms with Gasteiger partial charge in [-0.3, -0.25) is 4.79 Å². The lowest BCUT2D eigenvalue weighted by Crippen LogP contribution is -2.31. The van der Waals surface area contributed by atoms with Gasteiger partial charge in [-0.15, -0.1) is 5.10 Å². The summed E-state index contributed by atoms with van der Waals surface area (Å²) in [6.07, 6.45) is 0. The first-order valence-corrected chi connectivity index (χ1v) is 6.53. The molecule has 0 aromatic carbocycles. The van der Waals surface area contributed by atoms with Crippen LogP contribution in [-0.4, -0.2) is 47.7 Å². The van der Waals surface area contributed by atoms with Crippen LogP contribution in [0.5, 0.6) is 0 Å². The van der Waals surface area contributed by atoms with E-state index in [0.717, 1.165) is 6.54 Å². The molecule has 7 heteroatoms. The summed E-state index contributed by atoms with van der Waals surface area (Å²) in [4.78, 5) is 13.2. The average Bonchev–Trinajstić information content (AvgIpc) is 2.82. The van der Waals surface area contributed by atoms with Gasteiger partial charge in [0.15, 0.2) is 0 Å². The minimum atomic E-state index is -0.0137. The maximum Gasteiger partial charge on any atom is 0.315 e. The Balaban J connectivity index is 2.32. The van der Waals surface area contributed by atoms with Crippen LogP contribution in [0.4, 0.5) is 6.01 Å². The Morgan fingerprint density at radius 2 is 2.16 bits per heavy atom. The zero-order valence-electron chi connectivity index (χ0n) is 12.1. The molecule has 108 valence electrons. The number of rotatable bonds is 8. The van der Waals surface area contributed by atoms with Crippen molar-refractivity contribution in [3.05, 3.63) is 5.89 Å². The van der Waals surface area contributed by atoms with Gasteiger partial charge in [0, 0.05) is 13.6 Å². The summed E-state index contributed by atoms with van der Waals surface area (Å²) in [5.74, 6) is 1.07. The molecule has 19 heavy (non-hydrogen) atoms. The SMILES string of the molecule is CCN(C)C(=O)CNc1nnc(CNCC(C)C)o1. The number of likely N-dealkylation sites (N-methyl/N-ethyl adjacent to an activating group) is 1. The Kier molecular flexibility index (Phi) is 6.27. The van der Waals surface area contributed by atoms with E-state index in [4.69, 9.17) is 4.42 Å². The second-order valence-electron chi connectivity index (χ2n) is 4.79. The van der Waals surface area contributed by atoms with E-state index in [0.29, 0.717) is 24.9 Å². The van der Waals surface area contributed by atoms with E-state index >= 15 is 0 Å². The molecule has 0 aliphatic rings. The number of hydrogen-bond acceptors (Lipinski definition) is 6. The normalized spacial score (nSPS) is 10.8. The van der Waals surface area contributed by atoms with Crippen molar-refractivity contribution in [1.82, 2.24) is 20.4 Å². The third kappa shape index (κ3) is 5.69. The third-order valence-electron chi connectivity index (χ3n) is 2.59. The number of carbonyl (C=O) groups is 1. The van der Waals surface area contributed by atoms with Crippen LogP contribution in [0.25, 0.3) is 0 Å². The Bertz CT molecular complexity index is 391. The van der Waals surface area contributed by atoms with Crippen molar-refractivity contribution in [1.29, 1.82) is 0 Å². The Hall–Kier alpha value is -1.63. The van der Waals surface area contributed by atoms with Gasteiger partial charge in [-0.1, -0.05) is 18.9 Å². The monoisotopic (exact) mass is 269 g/mol. The number of nitrogens with one attached hydrogen (secondary N) is 2. The first-order valence-electron chi connectivity index (χ1n) is 6.53. The van der Waals surface area contributed by atoms with Crippen molar-refractivity contribution in [2.45, 2.75) is 27.3 Å². The minimum absolute atomic E-state index is 0.0137. The van der Waals surface area contributed by atoms with Crippen LogP contribution in [0.15, 0.2) is 4.42 Å². The number of aromatic nitrogens is 2. The molecule has 1 aromatic heterocycles. The largest absolute Gasteiger partial charge is 0.407 e. The van der Waals surface area contributed by atoms with Gasteiger partial charge in [0.2, 0.25) is 11.8 Å². The van der Waals surface area contributed by atoms with E-state index in [9.17, 15) is 4.79 Å². The van der Waals surface area contributed by atoms with E-state index < -0.39 is 0 Å².